The molecule has 0 saturated carbocycles. The van der Waals surface area contributed by atoms with Crippen LogP contribution in [0.25, 0.3) is 0 Å². The van der Waals surface area contributed by atoms with Crippen molar-refractivity contribution in [3.8, 4) is 6.19 Å². The number of imidazole rings is 1. The van der Waals surface area contributed by atoms with Crippen LogP contribution in [-0.2, 0) is 6.42 Å². The molecule has 0 saturated heterocycles. The maximum Gasteiger partial charge on any atom is 0.189 e. The first-order valence-electron chi connectivity index (χ1n) is 3.93. The molecule has 1 aromatic rings. The third-order valence-corrected chi connectivity index (χ3v) is 1.68. The van der Waals surface area contributed by atoms with E-state index < -0.39 is 0 Å². The van der Waals surface area contributed by atoms with E-state index in [0.29, 0.717) is 6.54 Å². The molecule has 0 aliphatic carbocycles. The van der Waals surface area contributed by atoms with Crippen LogP contribution in [0.3, 0.4) is 0 Å². The molecule has 1 aromatic heterocycles. The Kier molecular flexibility index (Phi) is 2.83. The van der Waals surface area contributed by atoms with Crippen molar-refractivity contribution in [1.82, 2.24) is 9.55 Å². The molecule has 4 heteroatoms. The Morgan fingerprint density at radius 2 is 2.50 bits per heavy atom. The van der Waals surface area contributed by atoms with Crippen molar-refractivity contribution in [2.24, 2.45) is 5.73 Å². The van der Waals surface area contributed by atoms with E-state index in [9.17, 15) is 0 Å². The van der Waals surface area contributed by atoms with Gasteiger partial charge in [0.05, 0.1) is 5.69 Å². The minimum atomic E-state index is 0.665. The van der Waals surface area contributed by atoms with Gasteiger partial charge in [0.2, 0.25) is 0 Å². The van der Waals surface area contributed by atoms with E-state index >= 15 is 0 Å². The molecule has 1 rings (SSSR count). The molecule has 0 amide bonds. The second kappa shape index (κ2) is 3.88. The first-order valence-corrected chi connectivity index (χ1v) is 3.93. The zero-order valence-corrected chi connectivity index (χ0v) is 7.12. The van der Waals surface area contributed by atoms with Crippen molar-refractivity contribution in [3.63, 3.8) is 0 Å². The predicted molar refractivity (Wildman–Crippen MR) is 45.4 cm³/mol. The van der Waals surface area contributed by atoms with Crippen LogP contribution in [0.4, 0.5) is 0 Å². The summed E-state index contributed by atoms with van der Waals surface area (Å²) in [7, 11) is 0. The van der Waals surface area contributed by atoms with Crippen molar-refractivity contribution in [1.29, 1.82) is 5.26 Å². The Morgan fingerprint density at radius 1 is 1.75 bits per heavy atom. The summed E-state index contributed by atoms with van der Waals surface area (Å²) in [5, 5.41) is 8.61. The maximum absolute atomic E-state index is 8.61. The topological polar surface area (TPSA) is 67.6 Å². The standard InChI is InChI=1S/C8H12N4/c1-7-11-8(3-2-4-9)5-12(7)6-10/h5H,2-4,9H2,1H3. The quantitative estimate of drug-likeness (QED) is 0.703. The zero-order valence-electron chi connectivity index (χ0n) is 7.12. The molecule has 0 aromatic carbocycles. The third kappa shape index (κ3) is 1.83. The molecule has 0 radical (unpaired) electrons. The Balaban J connectivity index is 2.70. The van der Waals surface area contributed by atoms with Gasteiger partial charge in [-0.05, 0) is 26.3 Å². The van der Waals surface area contributed by atoms with E-state index in [4.69, 9.17) is 11.0 Å². The molecule has 0 spiro atoms. The van der Waals surface area contributed by atoms with Crippen LogP contribution in [0, 0.1) is 18.4 Å². The highest BCUT2D eigenvalue weighted by molar-refractivity contribution is 5.08. The Morgan fingerprint density at radius 3 is 3.00 bits per heavy atom. The van der Waals surface area contributed by atoms with Gasteiger partial charge in [0, 0.05) is 6.20 Å². The normalized spacial score (nSPS) is 9.75. The number of hydrogen-bond donors (Lipinski definition) is 1. The van der Waals surface area contributed by atoms with Crippen molar-refractivity contribution in [2.75, 3.05) is 6.54 Å². The lowest BCUT2D eigenvalue weighted by Crippen LogP contribution is -2.00. The van der Waals surface area contributed by atoms with Crippen molar-refractivity contribution in [2.45, 2.75) is 19.8 Å². The lowest BCUT2D eigenvalue weighted by Gasteiger charge is -1.90. The molecular weight excluding hydrogens is 152 g/mol. The van der Waals surface area contributed by atoms with E-state index in [1.54, 1.807) is 6.20 Å². The fourth-order valence-electron chi connectivity index (χ4n) is 1.04. The smallest absolute Gasteiger partial charge is 0.189 e. The zero-order chi connectivity index (χ0) is 8.97. The van der Waals surface area contributed by atoms with Gasteiger partial charge < -0.3 is 5.73 Å². The highest BCUT2D eigenvalue weighted by atomic mass is 15.1. The van der Waals surface area contributed by atoms with Crippen molar-refractivity contribution < 1.29 is 0 Å². The summed E-state index contributed by atoms with van der Waals surface area (Å²) in [6.07, 6.45) is 5.54. The molecule has 0 unspecified atom stereocenters. The first-order chi connectivity index (χ1) is 5.77. The van der Waals surface area contributed by atoms with Gasteiger partial charge in [0.25, 0.3) is 0 Å². The van der Waals surface area contributed by atoms with Gasteiger partial charge in [0.15, 0.2) is 6.19 Å². The average Bonchev–Trinajstić information content (AvgIpc) is 2.43. The van der Waals surface area contributed by atoms with Crippen LogP contribution in [0.15, 0.2) is 6.20 Å². The Labute approximate surface area is 71.6 Å². The molecule has 1 heterocycles. The number of aryl methyl sites for hydroxylation is 2. The fourth-order valence-corrected chi connectivity index (χ4v) is 1.04. The molecular formula is C8H12N4. The lowest BCUT2D eigenvalue weighted by atomic mass is 10.2. The fraction of sp³-hybridized carbons (Fsp3) is 0.500. The molecule has 12 heavy (non-hydrogen) atoms. The summed E-state index contributed by atoms with van der Waals surface area (Å²) < 4.78 is 1.46. The van der Waals surface area contributed by atoms with Gasteiger partial charge >= 0.3 is 0 Å². The predicted octanol–water partition coefficient (Wildman–Crippen LogP) is 0.412. The molecule has 0 aliphatic rings. The molecule has 0 atom stereocenters. The van der Waals surface area contributed by atoms with E-state index in [1.807, 2.05) is 13.1 Å². The van der Waals surface area contributed by atoms with Crippen LogP contribution in [0.2, 0.25) is 0 Å². The lowest BCUT2D eigenvalue weighted by molar-refractivity contribution is 0.813. The first kappa shape index (κ1) is 8.75. The summed E-state index contributed by atoms with van der Waals surface area (Å²) in [6.45, 7) is 2.48. The SMILES string of the molecule is Cc1nc(CCCN)cn1C#N. The minimum Gasteiger partial charge on any atom is -0.330 e. The second-order valence-electron chi connectivity index (χ2n) is 2.64. The highest BCUT2D eigenvalue weighted by Crippen LogP contribution is 2.02. The van der Waals surface area contributed by atoms with Gasteiger partial charge in [-0.1, -0.05) is 0 Å². The van der Waals surface area contributed by atoms with Crippen LogP contribution in [0.1, 0.15) is 17.9 Å². The third-order valence-electron chi connectivity index (χ3n) is 1.68. The highest BCUT2D eigenvalue weighted by Gasteiger charge is 2.01. The Hall–Kier alpha value is -1.34. The van der Waals surface area contributed by atoms with Crippen molar-refractivity contribution >= 4 is 0 Å². The largest absolute Gasteiger partial charge is 0.330 e. The maximum atomic E-state index is 8.61. The molecule has 0 bridgehead atoms. The van der Waals surface area contributed by atoms with Gasteiger partial charge in [-0.15, -0.1) is 0 Å². The summed E-state index contributed by atoms with van der Waals surface area (Å²) in [6, 6.07) is 0. The molecule has 0 aliphatic heterocycles. The van der Waals surface area contributed by atoms with Gasteiger partial charge in [-0.3, -0.25) is 0 Å². The number of hydrogen-bond acceptors (Lipinski definition) is 3. The summed E-state index contributed by atoms with van der Waals surface area (Å²) in [4.78, 5) is 4.20. The van der Waals surface area contributed by atoms with Crippen LogP contribution < -0.4 is 5.73 Å². The van der Waals surface area contributed by atoms with Crippen molar-refractivity contribution in [3.05, 3.63) is 17.7 Å². The second-order valence-corrected chi connectivity index (χ2v) is 2.64. The van der Waals surface area contributed by atoms with Crippen LogP contribution in [0.5, 0.6) is 0 Å². The summed E-state index contributed by atoms with van der Waals surface area (Å²) >= 11 is 0. The van der Waals surface area contributed by atoms with Gasteiger partial charge in [-0.2, -0.15) is 5.26 Å². The van der Waals surface area contributed by atoms with Crippen LogP contribution >= 0.6 is 0 Å². The molecule has 0 fully saturated rings. The van der Waals surface area contributed by atoms with Crippen LogP contribution in [-0.4, -0.2) is 16.1 Å². The van der Waals surface area contributed by atoms with E-state index in [0.717, 1.165) is 24.4 Å². The van der Waals surface area contributed by atoms with E-state index in [-0.39, 0.29) is 0 Å². The molecule has 4 nitrogen and oxygen atoms in total. The average molecular weight is 164 g/mol. The number of rotatable bonds is 3. The molecule has 2 N–H and O–H groups in total. The monoisotopic (exact) mass is 164 g/mol. The number of aromatic nitrogens is 2. The van der Waals surface area contributed by atoms with Gasteiger partial charge in [0.1, 0.15) is 5.82 Å². The number of nitriles is 1. The molecule has 64 valence electrons. The summed E-state index contributed by atoms with van der Waals surface area (Å²) in [5.41, 5.74) is 6.30. The van der Waals surface area contributed by atoms with E-state index in [2.05, 4.69) is 4.98 Å². The van der Waals surface area contributed by atoms with E-state index in [1.165, 1.54) is 4.57 Å². The number of nitrogens with two attached hydrogens (primary N) is 1. The summed E-state index contributed by atoms with van der Waals surface area (Å²) in [5.74, 6) is 0.740. The van der Waals surface area contributed by atoms with Gasteiger partial charge in [-0.25, -0.2) is 9.55 Å². The Bertz CT molecular complexity index is 294. The minimum absolute atomic E-state index is 0.665. The number of nitrogens with zero attached hydrogens (tertiary/aromatic N) is 3.